The van der Waals surface area contributed by atoms with E-state index in [1.807, 2.05) is 31.2 Å². The van der Waals surface area contributed by atoms with Crippen molar-refractivity contribution in [2.24, 2.45) is 5.10 Å². The van der Waals surface area contributed by atoms with Crippen LogP contribution >= 0.6 is 11.8 Å². The van der Waals surface area contributed by atoms with Gasteiger partial charge in [0.25, 0.3) is 0 Å². The number of hydrogen-bond acceptors (Lipinski definition) is 8. The third-order valence-electron chi connectivity index (χ3n) is 4.02. The van der Waals surface area contributed by atoms with E-state index >= 15 is 0 Å². The molecule has 138 valence electrons. The molecule has 0 aliphatic carbocycles. The van der Waals surface area contributed by atoms with Gasteiger partial charge >= 0.3 is 0 Å². The molecule has 3 aromatic rings. The van der Waals surface area contributed by atoms with Crippen LogP contribution in [0.15, 0.2) is 53.1 Å². The molecule has 0 spiro atoms. The lowest BCUT2D eigenvalue weighted by Gasteiger charge is -2.15. The molecule has 8 nitrogen and oxygen atoms in total. The maximum Gasteiger partial charge on any atom is 0.191 e. The summed E-state index contributed by atoms with van der Waals surface area (Å²) in [5.41, 5.74) is 2.79. The quantitative estimate of drug-likeness (QED) is 0.607. The lowest BCUT2D eigenvalue weighted by molar-refractivity contribution is 0.112. The molecule has 9 heteroatoms. The van der Waals surface area contributed by atoms with Gasteiger partial charge in [-0.15, -0.1) is 15.4 Å². The Kier molecular flexibility index (Phi) is 5.12. The minimum atomic E-state index is -0.130. The second kappa shape index (κ2) is 7.85. The molecule has 0 saturated heterocycles. The fraction of sp³-hybridized carbons (Fsp3) is 0.278. The van der Waals surface area contributed by atoms with Crippen LogP contribution in [-0.4, -0.2) is 42.8 Å². The molecule has 3 aromatic heterocycles. The van der Waals surface area contributed by atoms with Crippen molar-refractivity contribution in [3.05, 3.63) is 48.5 Å². The summed E-state index contributed by atoms with van der Waals surface area (Å²) < 4.78 is 2.09. The summed E-state index contributed by atoms with van der Waals surface area (Å²) in [6.45, 7) is 4.81. The summed E-state index contributed by atoms with van der Waals surface area (Å²) >= 11 is 1.60. The molecule has 1 unspecified atom stereocenters. The van der Waals surface area contributed by atoms with E-state index in [2.05, 4.69) is 36.8 Å². The molecule has 0 aromatic carbocycles. The molecule has 4 heterocycles. The Balaban J connectivity index is 1.41. The molecule has 0 saturated carbocycles. The molecule has 1 aliphatic heterocycles. The highest BCUT2D eigenvalue weighted by atomic mass is 32.2. The number of rotatable bonds is 6. The molecule has 4 rings (SSSR count). The van der Waals surface area contributed by atoms with Crippen molar-refractivity contribution >= 4 is 23.7 Å². The second-order valence-electron chi connectivity index (χ2n) is 5.93. The van der Waals surface area contributed by atoms with Crippen LogP contribution in [0, 0.1) is 6.92 Å². The Hall–Kier alpha value is -2.78. The maximum atomic E-state index is 5.89. The number of nitrogens with zero attached hydrogens (tertiary/aromatic N) is 7. The van der Waals surface area contributed by atoms with Gasteiger partial charge in [0.1, 0.15) is 6.10 Å². The highest BCUT2D eigenvalue weighted by Crippen LogP contribution is 2.26. The number of aromatic nitrogens is 5. The van der Waals surface area contributed by atoms with Gasteiger partial charge in [0.2, 0.25) is 0 Å². The molecular weight excluding hydrogens is 362 g/mol. The third-order valence-corrected chi connectivity index (χ3v) is 5.08. The van der Waals surface area contributed by atoms with Gasteiger partial charge in [-0.05, 0) is 38.1 Å². The Morgan fingerprint density at radius 1 is 1.15 bits per heavy atom. The van der Waals surface area contributed by atoms with E-state index in [9.17, 15) is 0 Å². The van der Waals surface area contributed by atoms with Crippen molar-refractivity contribution in [1.29, 1.82) is 0 Å². The van der Waals surface area contributed by atoms with Crippen LogP contribution in [0.4, 0.5) is 5.69 Å². The Morgan fingerprint density at radius 2 is 2.00 bits per heavy atom. The van der Waals surface area contributed by atoms with Crippen LogP contribution in [0.3, 0.4) is 0 Å². The Morgan fingerprint density at radius 3 is 2.78 bits per heavy atom. The van der Waals surface area contributed by atoms with Gasteiger partial charge in [0, 0.05) is 42.1 Å². The standard InChI is InChI=1S/C18H19N7OS/c1-3-24-17(14-4-7-19-8-5-14)22-23-18(24)27-12-16-11-21-25(26-16)15-6-9-20-13(2)10-15/h4-11,16H,3,12H2,1-2H3. The topological polar surface area (TPSA) is 81.3 Å². The van der Waals surface area contributed by atoms with E-state index in [-0.39, 0.29) is 6.10 Å². The normalized spacial score (nSPS) is 16.2. The zero-order chi connectivity index (χ0) is 18.6. The van der Waals surface area contributed by atoms with E-state index in [4.69, 9.17) is 4.84 Å². The van der Waals surface area contributed by atoms with E-state index in [0.29, 0.717) is 5.75 Å². The van der Waals surface area contributed by atoms with Gasteiger partial charge in [-0.3, -0.25) is 9.97 Å². The first kappa shape index (κ1) is 17.6. The minimum Gasteiger partial charge on any atom is -0.302 e. The lowest BCUT2D eigenvalue weighted by atomic mass is 10.2. The number of hydrazone groups is 1. The van der Waals surface area contributed by atoms with E-state index in [1.165, 1.54) is 5.17 Å². The molecule has 0 fully saturated rings. The zero-order valence-corrected chi connectivity index (χ0v) is 15.9. The fourth-order valence-corrected chi connectivity index (χ4v) is 3.65. The summed E-state index contributed by atoms with van der Waals surface area (Å²) in [5.74, 6) is 1.54. The van der Waals surface area contributed by atoms with Crippen LogP contribution in [0.2, 0.25) is 0 Å². The Labute approximate surface area is 161 Å². The molecule has 0 amide bonds. The van der Waals surface area contributed by atoms with Crippen LogP contribution in [0.5, 0.6) is 0 Å². The van der Waals surface area contributed by atoms with Crippen LogP contribution < -0.4 is 5.17 Å². The SMILES string of the molecule is CCn1c(SCC2C=NN(c3ccnc(C)c3)O2)nnc1-c1ccncc1. The van der Waals surface area contributed by atoms with E-state index in [1.54, 1.807) is 36.6 Å². The van der Waals surface area contributed by atoms with Crippen molar-refractivity contribution in [1.82, 2.24) is 24.7 Å². The van der Waals surface area contributed by atoms with Gasteiger partial charge < -0.3 is 4.57 Å². The Bertz CT molecular complexity index is 944. The van der Waals surface area contributed by atoms with E-state index in [0.717, 1.165) is 34.5 Å². The van der Waals surface area contributed by atoms with E-state index < -0.39 is 0 Å². The van der Waals surface area contributed by atoms with Crippen LogP contribution in [-0.2, 0) is 11.4 Å². The molecular formula is C18H19N7OS. The number of hydrogen-bond donors (Lipinski definition) is 0. The van der Waals surface area contributed by atoms with Crippen LogP contribution in [0.25, 0.3) is 11.4 Å². The highest BCUT2D eigenvalue weighted by molar-refractivity contribution is 7.99. The smallest absolute Gasteiger partial charge is 0.191 e. The van der Waals surface area contributed by atoms with Crippen LogP contribution in [0.1, 0.15) is 12.6 Å². The largest absolute Gasteiger partial charge is 0.302 e. The van der Waals surface area contributed by atoms with Crippen molar-refractivity contribution in [3.63, 3.8) is 0 Å². The minimum absolute atomic E-state index is 0.130. The second-order valence-corrected chi connectivity index (χ2v) is 6.92. The lowest BCUT2D eigenvalue weighted by Crippen LogP contribution is -2.20. The average Bonchev–Trinajstić information content (AvgIpc) is 3.34. The molecule has 0 N–H and O–H groups in total. The summed E-state index contributed by atoms with van der Waals surface area (Å²) in [5, 5.41) is 15.4. The number of aryl methyl sites for hydroxylation is 1. The first-order valence-corrected chi connectivity index (χ1v) is 9.63. The molecule has 0 radical (unpaired) electrons. The summed E-state index contributed by atoms with van der Waals surface area (Å²) in [6.07, 6.45) is 6.94. The van der Waals surface area contributed by atoms with Crippen molar-refractivity contribution in [2.75, 3.05) is 10.9 Å². The summed E-state index contributed by atoms with van der Waals surface area (Å²) in [4.78, 5) is 14.1. The molecule has 1 atom stereocenters. The average molecular weight is 381 g/mol. The number of thioether (sulfide) groups is 1. The monoisotopic (exact) mass is 381 g/mol. The van der Waals surface area contributed by atoms with Crippen molar-refractivity contribution in [2.45, 2.75) is 31.7 Å². The molecule has 1 aliphatic rings. The summed E-state index contributed by atoms with van der Waals surface area (Å²) in [7, 11) is 0. The van der Waals surface area contributed by atoms with Gasteiger partial charge in [-0.2, -0.15) is 5.10 Å². The predicted octanol–water partition coefficient (Wildman–Crippen LogP) is 2.96. The first-order chi connectivity index (χ1) is 13.2. The zero-order valence-electron chi connectivity index (χ0n) is 15.1. The van der Waals surface area contributed by atoms with Gasteiger partial charge in [-0.1, -0.05) is 11.8 Å². The molecule has 0 bridgehead atoms. The molecule has 27 heavy (non-hydrogen) atoms. The van der Waals surface area contributed by atoms with Gasteiger partial charge in [-0.25, -0.2) is 4.84 Å². The van der Waals surface area contributed by atoms with Crippen molar-refractivity contribution in [3.8, 4) is 11.4 Å². The number of anilines is 1. The first-order valence-electron chi connectivity index (χ1n) is 8.64. The predicted molar refractivity (Wildman–Crippen MR) is 104 cm³/mol. The number of pyridine rings is 2. The van der Waals surface area contributed by atoms with Gasteiger partial charge in [0.05, 0.1) is 11.9 Å². The third kappa shape index (κ3) is 3.83. The maximum absolute atomic E-state index is 5.89. The fourth-order valence-electron chi connectivity index (χ4n) is 2.72. The van der Waals surface area contributed by atoms with Crippen molar-refractivity contribution < 1.29 is 4.84 Å². The summed E-state index contributed by atoms with van der Waals surface area (Å²) in [6, 6.07) is 7.67. The highest BCUT2D eigenvalue weighted by Gasteiger charge is 2.22. The van der Waals surface area contributed by atoms with Gasteiger partial charge in [0.15, 0.2) is 11.0 Å².